The second-order valence-electron chi connectivity index (χ2n) is 7.24. The smallest absolute Gasteiger partial charge is 0.262 e. The first kappa shape index (κ1) is 22.2. The number of benzene rings is 2. The molecule has 0 saturated heterocycles. The van der Waals surface area contributed by atoms with Gasteiger partial charge < -0.3 is 14.4 Å². The molecular weight excluding hydrogens is 448 g/mol. The fraction of sp³-hybridized carbons (Fsp3) is 0.261. The zero-order valence-corrected chi connectivity index (χ0v) is 19.2. The summed E-state index contributed by atoms with van der Waals surface area (Å²) in [4.78, 5) is 15.8. The number of anilines is 1. The Kier molecular flexibility index (Phi) is 6.66. The Bertz CT molecular complexity index is 1180. The van der Waals surface area contributed by atoms with Crippen LogP contribution in [0.15, 0.2) is 64.9 Å². The van der Waals surface area contributed by atoms with E-state index in [1.54, 1.807) is 46.6 Å². The number of sulfonamides is 1. The zero-order chi connectivity index (χ0) is 22.6. The summed E-state index contributed by atoms with van der Waals surface area (Å²) < 4.78 is 39.4. The van der Waals surface area contributed by atoms with Gasteiger partial charge in [0.1, 0.15) is 0 Å². The van der Waals surface area contributed by atoms with Crippen LogP contribution in [-0.2, 0) is 16.6 Å². The number of rotatable bonds is 7. The summed E-state index contributed by atoms with van der Waals surface area (Å²) in [7, 11) is -3.83. The Balaban J connectivity index is 1.47. The Morgan fingerprint density at radius 3 is 2.50 bits per heavy atom. The maximum absolute atomic E-state index is 12.9. The molecule has 0 unspecified atom stereocenters. The lowest BCUT2D eigenvalue weighted by Crippen LogP contribution is -2.29. The summed E-state index contributed by atoms with van der Waals surface area (Å²) in [6, 6.07) is 14.9. The number of carbonyl (C=O) groups excluding carboxylic acids is 1. The molecule has 1 amide bonds. The standard InChI is InChI=1S/C23H24N2O5S2/c1-2-25(16-19-5-3-14-31-19)23(26)17-6-8-18(9-7-17)24-32(27,28)20-10-11-21-22(15-20)30-13-4-12-29-21/h3,5-11,14-15,24H,2,4,12-13,16H2,1H3. The maximum Gasteiger partial charge on any atom is 0.262 e. The Morgan fingerprint density at radius 1 is 1.06 bits per heavy atom. The van der Waals surface area contributed by atoms with Crippen LogP contribution in [0.1, 0.15) is 28.6 Å². The molecule has 2 aromatic carbocycles. The van der Waals surface area contributed by atoms with Crippen molar-refractivity contribution in [3.8, 4) is 11.5 Å². The monoisotopic (exact) mass is 472 g/mol. The van der Waals surface area contributed by atoms with E-state index in [4.69, 9.17) is 9.47 Å². The molecule has 9 heteroatoms. The van der Waals surface area contributed by atoms with Crippen LogP contribution >= 0.6 is 11.3 Å². The van der Waals surface area contributed by atoms with E-state index in [1.807, 2.05) is 24.4 Å². The van der Waals surface area contributed by atoms with Crippen molar-refractivity contribution in [1.29, 1.82) is 0 Å². The van der Waals surface area contributed by atoms with Gasteiger partial charge in [-0.15, -0.1) is 11.3 Å². The van der Waals surface area contributed by atoms with Gasteiger partial charge in [-0.3, -0.25) is 9.52 Å². The lowest BCUT2D eigenvalue weighted by atomic mass is 10.2. The molecule has 7 nitrogen and oxygen atoms in total. The SMILES string of the molecule is CCN(Cc1cccs1)C(=O)c1ccc(NS(=O)(=O)c2ccc3c(c2)OCCCO3)cc1. The van der Waals surface area contributed by atoms with Gasteiger partial charge in [0.25, 0.3) is 15.9 Å². The molecule has 1 aromatic heterocycles. The zero-order valence-electron chi connectivity index (χ0n) is 17.6. The first-order chi connectivity index (χ1) is 15.5. The lowest BCUT2D eigenvalue weighted by molar-refractivity contribution is 0.0754. The van der Waals surface area contributed by atoms with Crippen LogP contribution in [0, 0.1) is 0 Å². The first-order valence-corrected chi connectivity index (χ1v) is 12.7. The van der Waals surface area contributed by atoms with Crippen molar-refractivity contribution >= 4 is 33.0 Å². The molecule has 0 saturated carbocycles. The molecular formula is C23H24N2O5S2. The third kappa shape index (κ3) is 5.05. The van der Waals surface area contributed by atoms with Gasteiger partial charge in [0.05, 0.1) is 24.7 Å². The van der Waals surface area contributed by atoms with Gasteiger partial charge in [-0.1, -0.05) is 6.07 Å². The van der Waals surface area contributed by atoms with Crippen molar-refractivity contribution < 1.29 is 22.7 Å². The highest BCUT2D eigenvalue weighted by Gasteiger charge is 2.20. The summed E-state index contributed by atoms with van der Waals surface area (Å²) in [5, 5.41) is 1.98. The van der Waals surface area contributed by atoms with Crippen molar-refractivity contribution in [2.45, 2.75) is 24.8 Å². The number of nitrogens with one attached hydrogen (secondary N) is 1. The number of ether oxygens (including phenoxy) is 2. The Morgan fingerprint density at radius 2 is 1.81 bits per heavy atom. The van der Waals surface area contributed by atoms with E-state index in [-0.39, 0.29) is 10.8 Å². The van der Waals surface area contributed by atoms with Crippen LogP contribution in [-0.4, -0.2) is 39.0 Å². The molecule has 32 heavy (non-hydrogen) atoms. The number of amides is 1. The molecule has 1 aliphatic rings. The highest BCUT2D eigenvalue weighted by molar-refractivity contribution is 7.92. The Hall–Kier alpha value is -3.04. The predicted molar refractivity (Wildman–Crippen MR) is 124 cm³/mol. The minimum absolute atomic E-state index is 0.0787. The lowest BCUT2D eigenvalue weighted by Gasteiger charge is -2.20. The van der Waals surface area contributed by atoms with E-state index in [1.165, 1.54) is 12.1 Å². The first-order valence-electron chi connectivity index (χ1n) is 10.3. The number of hydrogen-bond acceptors (Lipinski definition) is 6. The normalized spacial score (nSPS) is 13.3. The average molecular weight is 473 g/mol. The van der Waals surface area contributed by atoms with Crippen molar-refractivity contribution in [3.05, 3.63) is 70.4 Å². The van der Waals surface area contributed by atoms with E-state index < -0.39 is 10.0 Å². The minimum atomic E-state index is -3.83. The fourth-order valence-corrected chi connectivity index (χ4v) is 5.10. The quantitative estimate of drug-likeness (QED) is 0.552. The highest BCUT2D eigenvalue weighted by Crippen LogP contribution is 2.32. The van der Waals surface area contributed by atoms with E-state index >= 15 is 0 Å². The predicted octanol–water partition coefficient (Wildman–Crippen LogP) is 4.37. The third-order valence-corrected chi connectivity index (χ3v) is 7.25. The minimum Gasteiger partial charge on any atom is -0.490 e. The summed E-state index contributed by atoms with van der Waals surface area (Å²) in [6.45, 7) is 4.07. The van der Waals surface area contributed by atoms with E-state index in [0.717, 1.165) is 11.3 Å². The van der Waals surface area contributed by atoms with Crippen molar-refractivity contribution in [3.63, 3.8) is 0 Å². The molecule has 3 aromatic rings. The van der Waals surface area contributed by atoms with Crippen LogP contribution in [0.5, 0.6) is 11.5 Å². The van der Waals surface area contributed by atoms with Gasteiger partial charge in [-0.25, -0.2) is 8.42 Å². The number of fused-ring (bicyclic) bond motifs is 1. The van der Waals surface area contributed by atoms with E-state index in [9.17, 15) is 13.2 Å². The van der Waals surface area contributed by atoms with E-state index in [2.05, 4.69) is 4.72 Å². The number of thiophene rings is 1. The molecule has 4 rings (SSSR count). The molecule has 168 valence electrons. The van der Waals surface area contributed by atoms with Crippen LogP contribution in [0.25, 0.3) is 0 Å². The van der Waals surface area contributed by atoms with Crippen LogP contribution in [0.3, 0.4) is 0 Å². The molecule has 0 fully saturated rings. The molecule has 1 N–H and O–H groups in total. The second kappa shape index (κ2) is 9.62. The van der Waals surface area contributed by atoms with Gasteiger partial charge >= 0.3 is 0 Å². The molecule has 0 aliphatic carbocycles. The number of hydrogen-bond donors (Lipinski definition) is 1. The summed E-state index contributed by atoms with van der Waals surface area (Å²) in [5.74, 6) is 0.849. The maximum atomic E-state index is 12.9. The highest BCUT2D eigenvalue weighted by atomic mass is 32.2. The topological polar surface area (TPSA) is 84.9 Å². The van der Waals surface area contributed by atoms with Crippen LogP contribution < -0.4 is 14.2 Å². The molecule has 0 spiro atoms. The average Bonchev–Trinajstić information content (AvgIpc) is 3.19. The second-order valence-corrected chi connectivity index (χ2v) is 9.96. The van der Waals surface area contributed by atoms with Crippen LogP contribution in [0.2, 0.25) is 0 Å². The van der Waals surface area contributed by atoms with E-state index in [0.29, 0.717) is 49.1 Å². The van der Waals surface area contributed by atoms with Gasteiger partial charge in [0.15, 0.2) is 11.5 Å². The Labute approximate surface area is 191 Å². The fourth-order valence-electron chi connectivity index (χ4n) is 3.31. The van der Waals surface area contributed by atoms with Gasteiger partial charge in [0, 0.05) is 35.2 Å². The molecule has 0 bridgehead atoms. The van der Waals surface area contributed by atoms with Crippen LogP contribution in [0.4, 0.5) is 5.69 Å². The molecule has 1 aliphatic heterocycles. The summed E-state index contributed by atoms with van der Waals surface area (Å²) in [5.41, 5.74) is 0.872. The van der Waals surface area contributed by atoms with Gasteiger partial charge in [-0.05, 0) is 54.8 Å². The van der Waals surface area contributed by atoms with Gasteiger partial charge in [-0.2, -0.15) is 0 Å². The summed E-state index contributed by atoms with van der Waals surface area (Å²) >= 11 is 1.61. The van der Waals surface area contributed by atoms with Gasteiger partial charge in [0.2, 0.25) is 0 Å². The van der Waals surface area contributed by atoms with Crippen molar-refractivity contribution in [2.75, 3.05) is 24.5 Å². The molecule has 2 heterocycles. The molecule has 0 atom stereocenters. The third-order valence-electron chi connectivity index (χ3n) is 5.01. The number of carbonyl (C=O) groups is 1. The number of nitrogens with zero attached hydrogens (tertiary/aromatic N) is 1. The van der Waals surface area contributed by atoms with Crippen molar-refractivity contribution in [2.24, 2.45) is 0 Å². The molecule has 0 radical (unpaired) electrons. The largest absolute Gasteiger partial charge is 0.490 e. The van der Waals surface area contributed by atoms with Crippen molar-refractivity contribution in [1.82, 2.24) is 4.90 Å². The summed E-state index contributed by atoms with van der Waals surface area (Å²) in [6.07, 6.45) is 0.739.